The Morgan fingerprint density at radius 2 is 1.03 bits per heavy atom. The standard InChI is InChI=1S/C30H60O5.Na/c1-26(2)19-15-11-7-5-9-13-17-21-28(31)23-35-29(24-34-25-30(32)33)22-18-14-10-6-8-12-16-20-27(3)4;/h26-29,31H,5-25H2,1-4H3,(H,32,33);/q;+1/p-1. The topological polar surface area (TPSA) is 78.8 Å². The average Bonchev–Trinajstić information content (AvgIpc) is 2.79. The van der Waals surface area contributed by atoms with Crippen LogP contribution in [0.1, 0.15) is 143 Å². The fourth-order valence-corrected chi connectivity index (χ4v) is 4.44. The molecule has 0 rings (SSSR count). The summed E-state index contributed by atoms with van der Waals surface area (Å²) in [6.07, 6.45) is 21.1. The normalized spacial score (nSPS) is 13.2. The molecule has 36 heavy (non-hydrogen) atoms. The maximum Gasteiger partial charge on any atom is 1.00 e. The Bertz CT molecular complexity index is 459. The molecule has 0 aromatic rings. The number of aliphatic hydroxyl groups is 1. The smallest absolute Gasteiger partial charge is 0.548 e. The first kappa shape index (κ1) is 38.5. The van der Waals surface area contributed by atoms with Gasteiger partial charge in [-0.3, -0.25) is 0 Å². The van der Waals surface area contributed by atoms with Crippen molar-refractivity contribution in [2.24, 2.45) is 11.8 Å². The Balaban J connectivity index is 0. The third kappa shape index (κ3) is 30.6. The van der Waals surface area contributed by atoms with Crippen molar-refractivity contribution in [3.63, 3.8) is 0 Å². The first-order chi connectivity index (χ1) is 16.8. The summed E-state index contributed by atoms with van der Waals surface area (Å²) in [5.74, 6) is 0.410. The molecule has 0 aromatic carbocycles. The predicted molar refractivity (Wildman–Crippen MR) is 144 cm³/mol. The fraction of sp³-hybridized carbons (Fsp3) is 0.967. The molecule has 1 N–H and O–H groups in total. The third-order valence-electron chi connectivity index (χ3n) is 6.67. The minimum Gasteiger partial charge on any atom is -0.548 e. The largest absolute Gasteiger partial charge is 1.00 e. The van der Waals surface area contributed by atoms with Crippen molar-refractivity contribution in [2.75, 3.05) is 19.8 Å². The molecule has 0 aliphatic carbocycles. The summed E-state index contributed by atoms with van der Waals surface area (Å²) in [6.45, 7) is 9.27. The van der Waals surface area contributed by atoms with Crippen molar-refractivity contribution in [2.45, 2.75) is 155 Å². The van der Waals surface area contributed by atoms with Crippen molar-refractivity contribution in [3.8, 4) is 0 Å². The fourth-order valence-electron chi connectivity index (χ4n) is 4.44. The second-order valence-corrected chi connectivity index (χ2v) is 11.4. The molecule has 0 aliphatic rings. The van der Waals surface area contributed by atoms with Gasteiger partial charge in [0.15, 0.2) is 0 Å². The van der Waals surface area contributed by atoms with Crippen molar-refractivity contribution in [1.29, 1.82) is 0 Å². The number of aliphatic hydroxyl groups excluding tert-OH is 1. The van der Waals surface area contributed by atoms with Crippen LogP contribution in [-0.2, 0) is 14.3 Å². The molecule has 0 fully saturated rings. The summed E-state index contributed by atoms with van der Waals surface area (Å²) in [4.78, 5) is 10.6. The van der Waals surface area contributed by atoms with Crippen LogP contribution in [0.3, 0.4) is 0 Å². The number of unbranched alkanes of at least 4 members (excludes halogenated alkanes) is 12. The van der Waals surface area contributed by atoms with Gasteiger partial charge >= 0.3 is 29.6 Å². The van der Waals surface area contributed by atoms with Crippen LogP contribution in [0.4, 0.5) is 0 Å². The minimum atomic E-state index is -1.21. The molecule has 2 unspecified atom stereocenters. The van der Waals surface area contributed by atoms with Crippen molar-refractivity contribution >= 4 is 5.97 Å². The average molecular weight is 523 g/mol. The van der Waals surface area contributed by atoms with E-state index in [1.807, 2.05) is 0 Å². The van der Waals surface area contributed by atoms with Crippen LogP contribution in [0.15, 0.2) is 0 Å². The Hall–Kier alpha value is 0.350. The quantitative estimate of drug-likeness (QED) is 0.131. The van der Waals surface area contributed by atoms with Crippen LogP contribution in [0, 0.1) is 11.8 Å². The Morgan fingerprint density at radius 1 is 0.639 bits per heavy atom. The van der Waals surface area contributed by atoms with Crippen molar-refractivity contribution in [1.82, 2.24) is 0 Å². The molecule has 0 bridgehead atoms. The van der Waals surface area contributed by atoms with Crippen LogP contribution in [-0.4, -0.2) is 43.1 Å². The number of carboxylic acid groups (broad SMARTS) is 1. The predicted octanol–water partition coefficient (Wildman–Crippen LogP) is 3.84. The zero-order valence-electron chi connectivity index (χ0n) is 24.7. The second-order valence-electron chi connectivity index (χ2n) is 11.4. The van der Waals surface area contributed by atoms with E-state index in [1.54, 1.807) is 0 Å². The zero-order valence-corrected chi connectivity index (χ0v) is 26.7. The SMILES string of the molecule is CC(C)CCCCCCCCCC(O)COC(CCCCCCCCCC(C)C)COCC(=O)[O-].[Na+]. The van der Waals surface area contributed by atoms with E-state index in [2.05, 4.69) is 27.7 Å². The van der Waals surface area contributed by atoms with Gasteiger partial charge in [0.2, 0.25) is 0 Å². The molecule has 0 heterocycles. The molecule has 210 valence electrons. The summed E-state index contributed by atoms with van der Waals surface area (Å²) in [7, 11) is 0. The molecule has 0 radical (unpaired) electrons. The molecule has 2 atom stereocenters. The maximum absolute atomic E-state index is 10.6. The van der Waals surface area contributed by atoms with Gasteiger partial charge in [0.05, 0.1) is 38.0 Å². The molecular formula is C30H59NaO5. The number of hydrogen-bond donors (Lipinski definition) is 1. The van der Waals surface area contributed by atoms with E-state index in [-0.39, 0.29) is 42.3 Å². The molecule has 0 aromatic heterocycles. The number of aliphatic carboxylic acids is 1. The van der Waals surface area contributed by atoms with Crippen LogP contribution >= 0.6 is 0 Å². The minimum absolute atomic E-state index is 0. The zero-order chi connectivity index (χ0) is 26.2. The van der Waals surface area contributed by atoms with Crippen LogP contribution in [0.2, 0.25) is 0 Å². The number of hydrogen-bond acceptors (Lipinski definition) is 5. The monoisotopic (exact) mass is 522 g/mol. The summed E-state index contributed by atoms with van der Waals surface area (Å²) >= 11 is 0. The van der Waals surface area contributed by atoms with Crippen LogP contribution < -0.4 is 34.7 Å². The van der Waals surface area contributed by atoms with Crippen molar-refractivity contribution in [3.05, 3.63) is 0 Å². The van der Waals surface area contributed by atoms with Gasteiger partial charge in [-0.25, -0.2) is 0 Å². The molecule has 0 saturated carbocycles. The summed E-state index contributed by atoms with van der Waals surface area (Å²) in [5.41, 5.74) is 0. The number of rotatable bonds is 27. The van der Waals surface area contributed by atoms with E-state index >= 15 is 0 Å². The molecule has 6 heteroatoms. The van der Waals surface area contributed by atoms with Gasteiger partial charge in [-0.2, -0.15) is 0 Å². The molecular weight excluding hydrogens is 463 g/mol. The number of carbonyl (C=O) groups excluding carboxylic acids is 1. The molecule has 0 aliphatic heterocycles. The van der Waals surface area contributed by atoms with Gasteiger partial charge in [0, 0.05) is 0 Å². The number of carboxylic acids is 1. The second kappa shape index (κ2) is 28.4. The molecule has 5 nitrogen and oxygen atoms in total. The van der Waals surface area contributed by atoms with Gasteiger partial charge in [0.1, 0.15) is 0 Å². The summed E-state index contributed by atoms with van der Waals surface area (Å²) in [6, 6.07) is 0. The van der Waals surface area contributed by atoms with E-state index in [4.69, 9.17) is 9.47 Å². The first-order valence-corrected chi connectivity index (χ1v) is 14.9. The van der Waals surface area contributed by atoms with Gasteiger partial charge in [0.25, 0.3) is 0 Å². The van der Waals surface area contributed by atoms with Gasteiger partial charge in [-0.1, -0.05) is 130 Å². The van der Waals surface area contributed by atoms with E-state index in [0.29, 0.717) is 6.61 Å². The van der Waals surface area contributed by atoms with Crippen LogP contribution in [0.5, 0.6) is 0 Å². The van der Waals surface area contributed by atoms with E-state index in [1.165, 1.54) is 77.0 Å². The number of carbonyl (C=O) groups is 1. The third-order valence-corrected chi connectivity index (χ3v) is 6.67. The van der Waals surface area contributed by atoms with E-state index < -0.39 is 18.7 Å². The van der Waals surface area contributed by atoms with E-state index in [9.17, 15) is 15.0 Å². The number of ether oxygens (including phenoxy) is 2. The van der Waals surface area contributed by atoms with Gasteiger partial charge in [-0.15, -0.1) is 0 Å². The molecule has 0 saturated heterocycles. The summed E-state index contributed by atoms with van der Waals surface area (Å²) < 4.78 is 11.2. The van der Waals surface area contributed by atoms with Gasteiger partial charge in [-0.05, 0) is 24.7 Å². The molecule has 0 spiro atoms. The van der Waals surface area contributed by atoms with Crippen LogP contribution in [0.25, 0.3) is 0 Å². The van der Waals surface area contributed by atoms with Crippen molar-refractivity contribution < 1.29 is 54.0 Å². The Kier molecular flexibility index (Phi) is 30.3. The first-order valence-electron chi connectivity index (χ1n) is 14.9. The van der Waals surface area contributed by atoms with Gasteiger partial charge < -0.3 is 24.5 Å². The maximum atomic E-state index is 10.6. The Morgan fingerprint density at radius 3 is 1.44 bits per heavy atom. The Labute approximate surface area is 246 Å². The summed E-state index contributed by atoms with van der Waals surface area (Å²) in [5, 5.41) is 21.0. The molecule has 0 amide bonds. The van der Waals surface area contributed by atoms with E-state index in [0.717, 1.165) is 50.4 Å².